The van der Waals surface area contributed by atoms with Crippen molar-refractivity contribution in [2.75, 3.05) is 11.4 Å². The normalized spacial score (nSPS) is 11.4. The van der Waals surface area contributed by atoms with Gasteiger partial charge in [-0.2, -0.15) is 0 Å². The minimum atomic E-state index is -3.42. The van der Waals surface area contributed by atoms with Crippen molar-refractivity contribution in [2.45, 2.75) is 19.2 Å². The van der Waals surface area contributed by atoms with E-state index in [1.165, 1.54) is 4.31 Å². The lowest BCUT2D eigenvalue weighted by Crippen LogP contribution is -2.27. The van der Waals surface area contributed by atoms with Crippen molar-refractivity contribution in [2.24, 2.45) is 5.73 Å². The van der Waals surface area contributed by atoms with Crippen LogP contribution in [0.2, 0.25) is 0 Å². The predicted molar refractivity (Wildman–Crippen MR) is 86.5 cm³/mol. The summed E-state index contributed by atoms with van der Waals surface area (Å²) in [4.78, 5) is 0. The van der Waals surface area contributed by atoms with Crippen LogP contribution in [0.5, 0.6) is 0 Å². The Hall–Kier alpha value is -1.85. The predicted octanol–water partition coefficient (Wildman–Crippen LogP) is 2.42. The molecular weight excluding hydrogens is 284 g/mol. The van der Waals surface area contributed by atoms with Gasteiger partial charge < -0.3 is 5.73 Å². The van der Waals surface area contributed by atoms with Gasteiger partial charge in [0.1, 0.15) is 0 Å². The largest absolute Gasteiger partial charge is 0.326 e. The molecule has 0 aliphatic rings. The summed E-state index contributed by atoms with van der Waals surface area (Å²) in [5.41, 5.74) is 8.97. The summed E-state index contributed by atoms with van der Waals surface area (Å²) in [7, 11) is -1.84. The molecule has 0 saturated carbocycles. The highest BCUT2D eigenvalue weighted by atomic mass is 32.2. The van der Waals surface area contributed by atoms with Gasteiger partial charge in [-0.3, -0.25) is 4.31 Å². The molecular formula is C16H20N2O2S. The molecule has 4 nitrogen and oxygen atoms in total. The molecule has 0 atom stereocenters. The molecule has 0 aliphatic heterocycles. The van der Waals surface area contributed by atoms with Crippen molar-refractivity contribution in [3.05, 3.63) is 65.2 Å². The maximum absolute atomic E-state index is 12.5. The van der Waals surface area contributed by atoms with Gasteiger partial charge in [-0.25, -0.2) is 8.42 Å². The lowest BCUT2D eigenvalue weighted by Gasteiger charge is -2.20. The number of benzene rings is 2. The average molecular weight is 304 g/mol. The quantitative estimate of drug-likeness (QED) is 0.922. The second-order valence-corrected chi connectivity index (χ2v) is 7.09. The van der Waals surface area contributed by atoms with Crippen molar-refractivity contribution < 1.29 is 8.42 Å². The first-order valence-electron chi connectivity index (χ1n) is 6.73. The third kappa shape index (κ3) is 3.83. The van der Waals surface area contributed by atoms with Crippen LogP contribution in [0.1, 0.15) is 16.7 Å². The summed E-state index contributed by atoms with van der Waals surface area (Å²) in [6.07, 6.45) is 0. The van der Waals surface area contributed by atoms with Gasteiger partial charge in [0.05, 0.1) is 11.4 Å². The third-order valence-electron chi connectivity index (χ3n) is 3.36. The highest BCUT2D eigenvalue weighted by molar-refractivity contribution is 7.92. The Morgan fingerprint density at radius 1 is 1.05 bits per heavy atom. The number of nitrogens with zero attached hydrogens (tertiary/aromatic N) is 1. The van der Waals surface area contributed by atoms with E-state index in [-0.39, 0.29) is 5.75 Å². The highest BCUT2D eigenvalue weighted by Crippen LogP contribution is 2.20. The van der Waals surface area contributed by atoms with Crippen LogP contribution in [0.25, 0.3) is 0 Å². The van der Waals surface area contributed by atoms with Gasteiger partial charge in [-0.05, 0) is 35.7 Å². The monoisotopic (exact) mass is 304 g/mol. The molecule has 2 N–H and O–H groups in total. The Kier molecular flexibility index (Phi) is 4.65. The number of hydrogen-bond acceptors (Lipinski definition) is 3. The van der Waals surface area contributed by atoms with Crippen LogP contribution < -0.4 is 10.0 Å². The molecule has 0 bridgehead atoms. The maximum atomic E-state index is 12.5. The Morgan fingerprint density at radius 3 is 2.38 bits per heavy atom. The van der Waals surface area contributed by atoms with E-state index in [9.17, 15) is 8.42 Å². The topological polar surface area (TPSA) is 63.4 Å². The number of hydrogen-bond donors (Lipinski definition) is 1. The molecule has 0 heterocycles. The van der Waals surface area contributed by atoms with Crippen molar-refractivity contribution >= 4 is 15.7 Å². The Labute approximate surface area is 126 Å². The first kappa shape index (κ1) is 15.5. The summed E-state index contributed by atoms with van der Waals surface area (Å²) in [6.45, 7) is 2.34. The van der Waals surface area contributed by atoms with Gasteiger partial charge in [0.25, 0.3) is 0 Å². The van der Waals surface area contributed by atoms with Crippen LogP contribution in [0.4, 0.5) is 5.69 Å². The number of aryl methyl sites for hydroxylation is 1. The Balaban J connectivity index is 2.25. The van der Waals surface area contributed by atoms with Gasteiger partial charge in [0, 0.05) is 13.6 Å². The number of sulfonamides is 1. The molecule has 0 radical (unpaired) electrons. The highest BCUT2D eigenvalue weighted by Gasteiger charge is 2.19. The van der Waals surface area contributed by atoms with E-state index < -0.39 is 10.0 Å². The van der Waals surface area contributed by atoms with E-state index >= 15 is 0 Å². The van der Waals surface area contributed by atoms with Crippen molar-refractivity contribution in [1.82, 2.24) is 0 Å². The number of rotatable bonds is 5. The third-order valence-corrected chi connectivity index (χ3v) is 5.10. The molecule has 0 aromatic heterocycles. The van der Waals surface area contributed by atoms with Crippen LogP contribution in [-0.4, -0.2) is 15.5 Å². The minimum absolute atomic E-state index is 0.0364. The summed E-state index contributed by atoms with van der Waals surface area (Å²) in [5.74, 6) is -0.0364. The molecule has 0 aliphatic carbocycles. The summed E-state index contributed by atoms with van der Waals surface area (Å²) in [5, 5.41) is 0. The van der Waals surface area contributed by atoms with Crippen LogP contribution in [0.15, 0.2) is 48.5 Å². The van der Waals surface area contributed by atoms with E-state index in [1.807, 2.05) is 43.3 Å². The first-order valence-corrected chi connectivity index (χ1v) is 8.34. The molecule has 5 heteroatoms. The molecule has 0 unspecified atom stereocenters. The van der Waals surface area contributed by atoms with Gasteiger partial charge in [-0.15, -0.1) is 0 Å². The zero-order valence-corrected chi connectivity index (χ0v) is 13.1. The second kappa shape index (κ2) is 6.28. The molecule has 0 spiro atoms. The average Bonchev–Trinajstić information content (AvgIpc) is 2.46. The second-order valence-electron chi connectivity index (χ2n) is 5.09. The summed E-state index contributed by atoms with van der Waals surface area (Å²) >= 11 is 0. The van der Waals surface area contributed by atoms with Crippen molar-refractivity contribution in [3.8, 4) is 0 Å². The summed E-state index contributed by atoms with van der Waals surface area (Å²) in [6, 6.07) is 14.8. The van der Waals surface area contributed by atoms with Crippen molar-refractivity contribution in [3.63, 3.8) is 0 Å². The zero-order chi connectivity index (χ0) is 15.5. The lowest BCUT2D eigenvalue weighted by atomic mass is 10.1. The van der Waals surface area contributed by atoms with E-state index in [1.54, 1.807) is 19.2 Å². The van der Waals surface area contributed by atoms with E-state index in [0.29, 0.717) is 12.2 Å². The SMILES string of the molecule is Cc1cccc(N(C)S(=O)(=O)Cc2cccc(CN)c2)c1. The molecule has 0 amide bonds. The number of nitrogens with two attached hydrogens (primary N) is 1. The fourth-order valence-electron chi connectivity index (χ4n) is 2.14. The summed E-state index contributed by atoms with van der Waals surface area (Å²) < 4.78 is 26.3. The molecule has 21 heavy (non-hydrogen) atoms. The first-order chi connectivity index (χ1) is 9.92. The van der Waals surface area contributed by atoms with Gasteiger partial charge >= 0.3 is 0 Å². The minimum Gasteiger partial charge on any atom is -0.326 e. The molecule has 0 saturated heterocycles. The van der Waals surface area contributed by atoms with E-state index in [0.717, 1.165) is 16.7 Å². The lowest BCUT2D eigenvalue weighted by molar-refractivity contribution is 0.593. The Morgan fingerprint density at radius 2 is 1.71 bits per heavy atom. The molecule has 112 valence electrons. The van der Waals surface area contributed by atoms with Crippen LogP contribution >= 0.6 is 0 Å². The Bertz CT molecular complexity index is 727. The zero-order valence-electron chi connectivity index (χ0n) is 12.3. The van der Waals surface area contributed by atoms with Gasteiger partial charge in [-0.1, -0.05) is 36.4 Å². The fourth-order valence-corrected chi connectivity index (χ4v) is 3.37. The number of anilines is 1. The van der Waals surface area contributed by atoms with Crippen molar-refractivity contribution in [1.29, 1.82) is 0 Å². The maximum Gasteiger partial charge on any atom is 0.239 e. The smallest absolute Gasteiger partial charge is 0.239 e. The van der Waals surface area contributed by atoms with E-state index in [4.69, 9.17) is 5.73 Å². The van der Waals surface area contributed by atoms with Crippen LogP contribution in [0.3, 0.4) is 0 Å². The fraction of sp³-hybridized carbons (Fsp3) is 0.250. The molecule has 2 aromatic rings. The standard InChI is InChI=1S/C16H20N2O2S/c1-13-5-3-8-16(9-13)18(2)21(19,20)12-15-7-4-6-14(10-15)11-17/h3-10H,11-12,17H2,1-2H3. The molecule has 2 rings (SSSR count). The molecule has 0 fully saturated rings. The van der Waals surface area contributed by atoms with Gasteiger partial charge in [0.15, 0.2) is 0 Å². The van der Waals surface area contributed by atoms with E-state index in [2.05, 4.69) is 0 Å². The van der Waals surface area contributed by atoms with Gasteiger partial charge in [0.2, 0.25) is 10.0 Å². The molecule has 2 aromatic carbocycles. The van der Waals surface area contributed by atoms with Crippen LogP contribution in [-0.2, 0) is 22.3 Å². The van der Waals surface area contributed by atoms with Crippen LogP contribution in [0, 0.1) is 6.92 Å².